The van der Waals surface area contributed by atoms with Crippen molar-refractivity contribution in [3.05, 3.63) is 286 Å². The average molecular weight is 2510 g/mol. The van der Waals surface area contributed by atoms with Gasteiger partial charge < -0.3 is 105 Å². The molecule has 129 heavy (non-hydrogen) atoms. The molecule has 6 N–H and O–H groups in total. The molecular formula is C103H157N11O9W3Y3-6. The van der Waals surface area contributed by atoms with Crippen LogP contribution in [0.15, 0.2) is 225 Å². The number of aromatic hydroxyl groups is 3. The minimum absolute atomic E-state index is 0. The number of para-hydroxylation sites is 3. The van der Waals surface area contributed by atoms with E-state index in [1.807, 2.05) is 241 Å². The SMILES string of the molecule is CC.CC.CC.CC.CC.CC.CC(C)[C@@H](CN1CCN(c2cccc(O)c2)[C@@H](C)C1)NC(=O)c1ccc(Oc2ccccc2)cc1.CC(C)[C@@H](CN1CCN(c2cccc(O)c2)[C@@H](C)C1)NC(=O)c1ccc(Oc2ccccc2)cn1.CC(C)[C@@H](CN1CCN(c2cccc(O)c2)[C@@H](C)C1)NC(=O)c1ccc(Oc2ccccc2)nc1.[CH3-].[CH3-].[CH3-].[CH3-].[CH3-].[CH3-].[W].[W].[W].[Y].[Y].[Y]. The van der Waals surface area contributed by atoms with Gasteiger partial charge in [0.2, 0.25) is 5.88 Å². The molecule has 3 radical (unpaired) electrons. The van der Waals surface area contributed by atoms with Crippen molar-refractivity contribution in [1.29, 1.82) is 0 Å². The monoisotopic (exact) mass is 2510 g/mol. The molecule has 0 bridgehead atoms. The second-order valence-electron chi connectivity index (χ2n) is 28.5. The Balaban J connectivity index is -0.000000216. The number of rotatable bonds is 24. The Hall–Kier alpha value is -5.29. The average Bonchev–Trinajstić information content (AvgIpc) is 0.829. The van der Waals surface area contributed by atoms with Crippen molar-refractivity contribution in [3.63, 3.8) is 0 Å². The number of piperazine rings is 3. The summed E-state index contributed by atoms with van der Waals surface area (Å²) in [4.78, 5) is 61.7. The van der Waals surface area contributed by atoms with E-state index in [0.717, 1.165) is 107 Å². The molecule has 6 atom stereocenters. The molecule has 3 saturated heterocycles. The van der Waals surface area contributed by atoms with Gasteiger partial charge in [0.1, 0.15) is 51.7 Å². The van der Waals surface area contributed by atoms with Gasteiger partial charge in [-0.05, 0) is 154 Å². The third-order valence-electron chi connectivity index (χ3n) is 19.4. The molecule has 12 rings (SSSR count). The van der Waals surface area contributed by atoms with Crippen LogP contribution in [0.2, 0.25) is 0 Å². The number of aromatic nitrogens is 2. The van der Waals surface area contributed by atoms with Crippen LogP contribution in [0.1, 0.15) is 177 Å². The quantitative estimate of drug-likeness (QED) is 0.0310. The molecule has 20 nitrogen and oxygen atoms in total. The summed E-state index contributed by atoms with van der Waals surface area (Å²) in [7, 11) is 0. The molecule has 3 fully saturated rings. The van der Waals surface area contributed by atoms with Gasteiger partial charge in [-0.3, -0.25) is 29.1 Å². The van der Waals surface area contributed by atoms with Crippen LogP contribution in [-0.2, 0) is 161 Å². The largest absolute Gasteiger partial charge is 0.508 e. The third-order valence-corrected chi connectivity index (χ3v) is 19.4. The number of anilines is 3. The van der Waals surface area contributed by atoms with Crippen LogP contribution in [0.5, 0.6) is 51.9 Å². The normalized spacial score (nSPS) is 14.3. The molecule has 5 heterocycles. The molecule has 711 valence electrons. The summed E-state index contributed by atoms with van der Waals surface area (Å²) in [6.45, 7) is 53.8. The van der Waals surface area contributed by atoms with Crippen LogP contribution in [0.3, 0.4) is 0 Å². The zero-order valence-electron chi connectivity index (χ0n) is 82.9. The van der Waals surface area contributed by atoms with Gasteiger partial charge in [0.05, 0.1) is 11.8 Å². The van der Waals surface area contributed by atoms with E-state index in [2.05, 4.69) is 118 Å². The zero-order valence-corrected chi connectivity index (χ0v) is 100. The van der Waals surface area contributed by atoms with Gasteiger partial charge in [0, 0.05) is 329 Å². The Morgan fingerprint density at radius 3 is 0.915 bits per heavy atom. The van der Waals surface area contributed by atoms with Gasteiger partial charge in [0.25, 0.3) is 17.7 Å². The first-order valence-electron chi connectivity index (χ1n) is 42.6. The van der Waals surface area contributed by atoms with Gasteiger partial charge in [-0.1, -0.05) is 197 Å². The predicted molar refractivity (Wildman–Crippen MR) is 523 cm³/mol. The number of phenols is 3. The Bertz CT molecular complexity index is 3780. The first-order valence-corrected chi connectivity index (χ1v) is 42.6. The molecule has 0 unspecified atom stereocenters. The Labute approximate surface area is 901 Å². The molecule has 0 aliphatic carbocycles. The van der Waals surface area contributed by atoms with Crippen molar-refractivity contribution in [1.82, 2.24) is 40.6 Å². The number of hydrogen-bond acceptors (Lipinski definition) is 17. The number of nitrogens with one attached hydrogen (secondary N) is 3. The van der Waals surface area contributed by atoms with Gasteiger partial charge in [-0.25, -0.2) is 9.97 Å². The van der Waals surface area contributed by atoms with Crippen LogP contribution in [-0.4, -0.2) is 172 Å². The fourth-order valence-electron chi connectivity index (χ4n) is 13.3. The summed E-state index contributed by atoms with van der Waals surface area (Å²) >= 11 is 0. The van der Waals surface area contributed by atoms with Crippen LogP contribution >= 0.6 is 0 Å². The Kier molecular flexibility index (Phi) is 87.8. The Morgan fingerprint density at radius 2 is 0.628 bits per heavy atom. The van der Waals surface area contributed by atoms with Crippen LogP contribution < -0.4 is 44.9 Å². The summed E-state index contributed by atoms with van der Waals surface area (Å²) < 4.78 is 17.3. The third kappa shape index (κ3) is 49.7. The zero-order chi connectivity index (χ0) is 86.4. The number of amides is 3. The molecule has 3 amide bonds. The maximum absolute atomic E-state index is 13.0. The second-order valence-corrected chi connectivity index (χ2v) is 28.5. The number of benzene rings is 7. The number of nitrogens with zero attached hydrogens (tertiary/aromatic N) is 8. The topological polar surface area (TPSA) is 221 Å². The molecule has 2 aromatic heterocycles. The van der Waals surface area contributed by atoms with E-state index >= 15 is 0 Å². The minimum atomic E-state index is -0.179. The Morgan fingerprint density at radius 1 is 0.341 bits per heavy atom. The van der Waals surface area contributed by atoms with Crippen LogP contribution in [0.25, 0.3) is 0 Å². The van der Waals surface area contributed by atoms with Crippen molar-refractivity contribution in [2.24, 2.45) is 17.8 Å². The maximum Gasteiger partial charge on any atom is 0.270 e. The van der Waals surface area contributed by atoms with Crippen LogP contribution in [0, 0.1) is 62.3 Å². The maximum atomic E-state index is 13.0. The summed E-state index contributed by atoms with van der Waals surface area (Å²) in [5, 5.41) is 39.1. The van der Waals surface area contributed by atoms with Crippen molar-refractivity contribution in [2.45, 2.75) is 182 Å². The molecule has 7 aromatic carbocycles. The van der Waals surface area contributed by atoms with Crippen molar-refractivity contribution < 1.29 is 205 Å². The standard InChI is InChI=1S/C29H35N3O3.2C28H34N4O3.6C2H6.6CH3.3W.3Y/c1-21(2)28(20-31-16-17-32(22(3)19-31)24-8-7-9-25(33)18-24)30-29(34)23-12-14-27(15-13-23)35-26-10-5-4-6-11-26;1-20(2)26(19-31-14-15-32(21(3)18-31)23-8-7-9-24(33)16-23)30-28(34)22-12-13-27(29-17-22)35-25-10-5-4-6-11-25;1-20(2)27(19-31-14-15-32(21(3)18-31)22-8-7-9-23(33)16-22)30-28(34)26-13-12-25(17-29-26)35-24-10-5-4-6-11-24;6*1-2;;;;;;;;;;;;/h4-15,18,21-22,28,33H,16-17,19-20H2,1-3H3,(H,30,34);4-13,16-17,20-21,26,33H,14-15,18-19H2,1-3H3,(H,30,34);4-13,16-17,20-21,27,33H,14-15,18-19H2,1-3H3,(H,30,34);6*1-2H3;6*1H3;;;;;;/q;;;;;;;;;6*-1;;;;;;/t22-,28+;21-,26+;21-,27+;;;;;;;;;;;;;;;;;;/m000................../s1. The minimum Gasteiger partial charge on any atom is -0.508 e. The molecular weight excluding hydrogens is 2350 g/mol. The van der Waals surface area contributed by atoms with E-state index in [9.17, 15) is 29.7 Å². The number of ether oxygens (including phenoxy) is 3. The van der Waals surface area contributed by atoms with Gasteiger partial charge in [-0.15, -0.1) is 0 Å². The second kappa shape index (κ2) is 80.0. The molecule has 0 saturated carbocycles. The van der Waals surface area contributed by atoms with E-state index in [1.165, 1.54) is 0 Å². The van der Waals surface area contributed by atoms with Gasteiger partial charge in [-0.2, -0.15) is 0 Å². The molecule has 26 heteroatoms. The number of phenolic OH excluding ortho intramolecular Hbond substituents is 3. The summed E-state index contributed by atoms with van der Waals surface area (Å²) in [6.07, 6.45) is 3.13. The number of pyridine rings is 2. The van der Waals surface area contributed by atoms with E-state index in [0.29, 0.717) is 69.7 Å². The predicted octanol–water partition coefficient (Wildman–Crippen LogP) is 23.1. The number of carbonyl (C=O) groups excluding carboxylic acids is 3. The molecule has 3 aliphatic rings. The number of hydrogen-bond donors (Lipinski definition) is 6. The first kappa shape index (κ1) is 142. The molecule has 0 spiro atoms. The van der Waals surface area contributed by atoms with Crippen molar-refractivity contribution in [2.75, 3.05) is 93.2 Å². The van der Waals surface area contributed by atoms with E-state index in [1.54, 1.807) is 67.0 Å². The summed E-state index contributed by atoms with van der Waals surface area (Å²) in [6, 6.07) is 66.0. The van der Waals surface area contributed by atoms with E-state index in [-0.39, 0.29) is 265 Å². The van der Waals surface area contributed by atoms with Gasteiger partial charge in [0.15, 0.2) is 0 Å². The van der Waals surface area contributed by atoms with Crippen LogP contribution in [0.4, 0.5) is 17.1 Å². The fraction of sp³-hybridized carbons (Fsp3) is 0.408. The van der Waals surface area contributed by atoms with Gasteiger partial charge >= 0.3 is 0 Å². The van der Waals surface area contributed by atoms with E-state index in [4.69, 9.17) is 14.2 Å². The fourth-order valence-corrected chi connectivity index (χ4v) is 13.3. The van der Waals surface area contributed by atoms with Crippen molar-refractivity contribution >= 4 is 34.8 Å². The summed E-state index contributed by atoms with van der Waals surface area (Å²) in [5.74, 6) is 5.29. The number of carbonyl (C=O) groups is 3. The molecule has 9 aromatic rings. The van der Waals surface area contributed by atoms with E-state index < -0.39 is 0 Å². The smallest absolute Gasteiger partial charge is 0.270 e. The van der Waals surface area contributed by atoms with Crippen molar-refractivity contribution in [3.8, 4) is 51.9 Å². The molecule has 3 aliphatic heterocycles. The summed E-state index contributed by atoms with van der Waals surface area (Å²) in [5.41, 5.74) is 4.63. The first-order chi connectivity index (χ1) is 56.7.